The van der Waals surface area contributed by atoms with Crippen LogP contribution in [-0.4, -0.2) is 31.8 Å². The van der Waals surface area contributed by atoms with Crippen LogP contribution >= 0.6 is 7.26 Å². The van der Waals surface area contributed by atoms with E-state index in [1.54, 1.807) is 0 Å². The molecule has 0 spiro atoms. The molecule has 0 atom stereocenters. The number of unbranched alkanes of at least 4 members (excludes halogenated alkanes) is 7. The molecular formula is C15H33O2P. The third-order valence-electron chi connectivity index (χ3n) is 3.67. The molecule has 0 saturated carbocycles. The third kappa shape index (κ3) is 8.91. The molecule has 0 radical (unpaired) electrons. The van der Waals surface area contributed by atoms with Crippen molar-refractivity contribution in [1.82, 2.24) is 0 Å². The number of carbonyl (C=O) groups excluding carboxylic acids is 1. The summed E-state index contributed by atoms with van der Waals surface area (Å²) in [6, 6.07) is 0. The SMILES string of the molecule is CCCCCCCCCCOC(=O)[PH](C)(C)CC. The quantitative estimate of drug-likeness (QED) is 0.378. The summed E-state index contributed by atoms with van der Waals surface area (Å²) in [5.74, 6) is 0. The summed E-state index contributed by atoms with van der Waals surface area (Å²) < 4.78 is 5.37. The number of hydrogen-bond donors (Lipinski definition) is 0. The summed E-state index contributed by atoms with van der Waals surface area (Å²) in [5, 5.41) is 0. The molecule has 18 heavy (non-hydrogen) atoms. The summed E-state index contributed by atoms with van der Waals surface area (Å²) in [6.45, 7) is 9.13. The Morgan fingerprint density at radius 2 is 1.39 bits per heavy atom. The van der Waals surface area contributed by atoms with E-state index in [1.807, 2.05) is 0 Å². The summed E-state index contributed by atoms with van der Waals surface area (Å²) in [6.07, 6.45) is 11.3. The topological polar surface area (TPSA) is 26.3 Å². The zero-order valence-electron chi connectivity index (χ0n) is 12.9. The predicted octanol–water partition coefficient (Wildman–Crippen LogP) is 5.29. The number of rotatable bonds is 11. The van der Waals surface area contributed by atoms with E-state index in [0.29, 0.717) is 6.61 Å². The third-order valence-corrected chi connectivity index (χ3v) is 6.68. The average Bonchev–Trinajstić information content (AvgIpc) is 2.36. The van der Waals surface area contributed by atoms with E-state index in [-0.39, 0.29) is 5.71 Å². The second-order valence-electron chi connectivity index (χ2n) is 5.85. The number of ether oxygens (including phenoxy) is 1. The van der Waals surface area contributed by atoms with Crippen molar-refractivity contribution in [3.8, 4) is 0 Å². The van der Waals surface area contributed by atoms with Gasteiger partial charge in [-0.3, -0.25) is 0 Å². The molecule has 0 saturated heterocycles. The molecule has 0 aliphatic heterocycles. The zero-order valence-corrected chi connectivity index (χ0v) is 13.9. The van der Waals surface area contributed by atoms with Gasteiger partial charge in [-0.05, 0) is 0 Å². The molecule has 0 N–H and O–H groups in total. The Hall–Kier alpha value is -0.100. The van der Waals surface area contributed by atoms with Crippen LogP contribution in [0.4, 0.5) is 4.79 Å². The Balaban J connectivity index is 3.33. The van der Waals surface area contributed by atoms with Crippen molar-refractivity contribution < 1.29 is 9.53 Å². The molecule has 0 amide bonds. The van der Waals surface area contributed by atoms with Crippen LogP contribution in [0.1, 0.15) is 65.2 Å². The Morgan fingerprint density at radius 1 is 0.889 bits per heavy atom. The van der Waals surface area contributed by atoms with E-state index in [1.165, 1.54) is 44.9 Å². The molecule has 110 valence electrons. The van der Waals surface area contributed by atoms with Crippen LogP contribution in [0.25, 0.3) is 0 Å². The minimum absolute atomic E-state index is 0.0907. The zero-order chi connectivity index (χ0) is 13.9. The van der Waals surface area contributed by atoms with Gasteiger partial charge >= 0.3 is 114 Å². The van der Waals surface area contributed by atoms with Crippen molar-refractivity contribution in [3.63, 3.8) is 0 Å². The summed E-state index contributed by atoms with van der Waals surface area (Å²) in [5.41, 5.74) is 0.0907. The van der Waals surface area contributed by atoms with Gasteiger partial charge in [-0.1, -0.05) is 0 Å². The van der Waals surface area contributed by atoms with Gasteiger partial charge in [0.2, 0.25) is 0 Å². The molecule has 0 bridgehead atoms. The second-order valence-corrected chi connectivity index (χ2v) is 10.7. The number of hydrogen-bond acceptors (Lipinski definition) is 2. The Morgan fingerprint density at radius 3 is 1.89 bits per heavy atom. The van der Waals surface area contributed by atoms with Crippen molar-refractivity contribution in [2.45, 2.75) is 65.2 Å². The van der Waals surface area contributed by atoms with E-state index >= 15 is 0 Å². The van der Waals surface area contributed by atoms with Crippen molar-refractivity contribution in [3.05, 3.63) is 0 Å². The predicted molar refractivity (Wildman–Crippen MR) is 84.7 cm³/mol. The van der Waals surface area contributed by atoms with Gasteiger partial charge in [-0.15, -0.1) is 0 Å². The normalized spacial score (nSPS) is 12.4. The van der Waals surface area contributed by atoms with Crippen molar-refractivity contribution in [2.24, 2.45) is 0 Å². The van der Waals surface area contributed by atoms with Gasteiger partial charge in [0.15, 0.2) is 0 Å². The summed E-state index contributed by atoms with van der Waals surface area (Å²) in [7, 11) is -1.73. The molecule has 0 aliphatic rings. The Bertz CT molecular complexity index is 215. The Kier molecular flexibility index (Phi) is 10.7. The second kappa shape index (κ2) is 10.8. The van der Waals surface area contributed by atoms with Crippen LogP contribution in [0.5, 0.6) is 0 Å². The molecule has 0 heterocycles. The van der Waals surface area contributed by atoms with Gasteiger partial charge < -0.3 is 0 Å². The molecule has 3 heteroatoms. The average molecular weight is 276 g/mol. The van der Waals surface area contributed by atoms with Gasteiger partial charge in [0.25, 0.3) is 0 Å². The van der Waals surface area contributed by atoms with Crippen molar-refractivity contribution in [1.29, 1.82) is 0 Å². The Labute approximate surface area is 114 Å². The van der Waals surface area contributed by atoms with Crippen LogP contribution in [0, 0.1) is 0 Å². The van der Waals surface area contributed by atoms with Crippen LogP contribution in [0.3, 0.4) is 0 Å². The standard InChI is InChI=1S/C15H33O2P/c1-5-7-8-9-10-11-12-13-14-17-15(16)18(3,4)6-2/h18H,5-14H2,1-4H3. The molecule has 0 rings (SSSR count). The van der Waals surface area contributed by atoms with Crippen molar-refractivity contribution >= 4 is 13.0 Å². The maximum atomic E-state index is 11.7. The number of carbonyl (C=O) groups is 1. The molecule has 0 aliphatic carbocycles. The minimum atomic E-state index is -1.73. The van der Waals surface area contributed by atoms with Gasteiger partial charge in [0.1, 0.15) is 0 Å². The van der Waals surface area contributed by atoms with Gasteiger partial charge in [-0.25, -0.2) is 0 Å². The van der Waals surface area contributed by atoms with Crippen molar-refractivity contribution in [2.75, 3.05) is 26.1 Å². The summed E-state index contributed by atoms with van der Waals surface area (Å²) in [4.78, 5) is 11.7. The van der Waals surface area contributed by atoms with Crippen LogP contribution in [-0.2, 0) is 4.74 Å². The molecule has 0 aromatic heterocycles. The molecule has 0 fully saturated rings. The van der Waals surface area contributed by atoms with E-state index in [4.69, 9.17) is 4.74 Å². The van der Waals surface area contributed by atoms with Gasteiger partial charge in [0, 0.05) is 0 Å². The van der Waals surface area contributed by atoms with E-state index in [9.17, 15) is 4.79 Å². The monoisotopic (exact) mass is 276 g/mol. The van der Waals surface area contributed by atoms with E-state index in [0.717, 1.165) is 12.6 Å². The molecule has 0 aromatic carbocycles. The van der Waals surface area contributed by atoms with Crippen LogP contribution < -0.4 is 0 Å². The van der Waals surface area contributed by atoms with Gasteiger partial charge in [-0.2, -0.15) is 0 Å². The fraction of sp³-hybridized carbons (Fsp3) is 0.933. The van der Waals surface area contributed by atoms with Crippen LogP contribution in [0.2, 0.25) is 0 Å². The fourth-order valence-corrected chi connectivity index (χ4v) is 2.52. The fourth-order valence-electron chi connectivity index (χ4n) is 1.74. The maximum absolute atomic E-state index is 11.7. The molecule has 0 aromatic rings. The molecular weight excluding hydrogens is 243 g/mol. The van der Waals surface area contributed by atoms with Crippen LogP contribution in [0.15, 0.2) is 0 Å². The first kappa shape index (κ1) is 17.9. The van der Waals surface area contributed by atoms with E-state index in [2.05, 4.69) is 27.2 Å². The first-order valence-electron chi connectivity index (χ1n) is 7.71. The van der Waals surface area contributed by atoms with E-state index < -0.39 is 7.26 Å². The van der Waals surface area contributed by atoms with Gasteiger partial charge in [0.05, 0.1) is 0 Å². The summed E-state index contributed by atoms with van der Waals surface area (Å²) >= 11 is 0. The first-order chi connectivity index (χ1) is 8.54. The first-order valence-corrected chi connectivity index (χ1v) is 10.9. The molecule has 0 unspecified atom stereocenters. The molecule has 2 nitrogen and oxygen atoms in total.